The number of nitrogens with one attached hydrogen (secondary N) is 1. The van der Waals surface area contributed by atoms with Crippen LogP contribution in [0.2, 0.25) is 0 Å². The molecule has 150 valence electrons. The normalized spacial score (nSPS) is 15.3. The lowest BCUT2D eigenvalue weighted by Gasteiger charge is -2.33. The highest BCUT2D eigenvalue weighted by atomic mass is 16.5. The number of rotatable bonds is 9. The third-order valence-corrected chi connectivity index (χ3v) is 5.08. The molecule has 0 atom stereocenters. The van der Waals surface area contributed by atoms with Crippen molar-refractivity contribution >= 4 is 5.91 Å². The van der Waals surface area contributed by atoms with E-state index in [-0.39, 0.29) is 5.91 Å². The van der Waals surface area contributed by atoms with Crippen molar-refractivity contribution in [2.24, 2.45) is 0 Å². The molecule has 1 aromatic carbocycles. The van der Waals surface area contributed by atoms with E-state index in [1.54, 1.807) is 18.3 Å². The summed E-state index contributed by atoms with van der Waals surface area (Å²) in [4.78, 5) is 21.5. The van der Waals surface area contributed by atoms with E-state index >= 15 is 0 Å². The second-order valence-corrected chi connectivity index (χ2v) is 7.04. The quantitative estimate of drug-likeness (QED) is 0.675. The van der Waals surface area contributed by atoms with Crippen LogP contribution in [0.4, 0.5) is 0 Å². The number of benzene rings is 1. The predicted octanol–water partition coefficient (Wildman–Crippen LogP) is 2.42. The van der Waals surface area contributed by atoms with Gasteiger partial charge in [0.1, 0.15) is 6.61 Å². The summed E-state index contributed by atoms with van der Waals surface area (Å²) in [5.41, 5.74) is 1.65. The standard InChI is InChI=1S/C22H30N4O2/c1-2-25-13-15-26(16-14-25)12-6-10-24-22(27)20-9-11-23-21(17-20)28-18-19-7-4-3-5-8-19/h3-5,7-9,11,17H,2,6,10,12-16,18H2,1H3,(H,24,27). The number of hydrogen-bond acceptors (Lipinski definition) is 5. The van der Waals surface area contributed by atoms with Gasteiger partial charge in [-0.1, -0.05) is 37.3 Å². The third-order valence-electron chi connectivity index (χ3n) is 5.08. The molecular formula is C22H30N4O2. The van der Waals surface area contributed by atoms with Gasteiger partial charge in [-0.3, -0.25) is 4.79 Å². The predicted molar refractivity (Wildman–Crippen MR) is 111 cm³/mol. The average molecular weight is 383 g/mol. The summed E-state index contributed by atoms with van der Waals surface area (Å²) in [6.45, 7) is 10.0. The van der Waals surface area contributed by atoms with Gasteiger partial charge in [0, 0.05) is 50.6 Å². The zero-order chi connectivity index (χ0) is 19.6. The molecule has 2 heterocycles. The molecule has 0 radical (unpaired) electrons. The first kappa shape index (κ1) is 20.3. The maximum Gasteiger partial charge on any atom is 0.251 e. The first-order valence-electron chi connectivity index (χ1n) is 10.1. The zero-order valence-electron chi connectivity index (χ0n) is 16.6. The molecule has 28 heavy (non-hydrogen) atoms. The monoisotopic (exact) mass is 382 g/mol. The van der Waals surface area contributed by atoms with Gasteiger partial charge in [-0.25, -0.2) is 4.98 Å². The molecule has 0 aliphatic carbocycles. The molecule has 3 rings (SSSR count). The van der Waals surface area contributed by atoms with E-state index in [1.807, 2.05) is 30.3 Å². The molecule has 1 aromatic heterocycles. The van der Waals surface area contributed by atoms with Crippen LogP contribution in [0.1, 0.15) is 29.3 Å². The van der Waals surface area contributed by atoms with E-state index in [1.165, 1.54) is 0 Å². The zero-order valence-corrected chi connectivity index (χ0v) is 16.6. The Kier molecular flexibility index (Phi) is 7.82. The summed E-state index contributed by atoms with van der Waals surface area (Å²) in [5.74, 6) is 0.382. The number of carbonyl (C=O) groups excluding carboxylic acids is 1. The van der Waals surface area contributed by atoms with Crippen LogP contribution in [0.3, 0.4) is 0 Å². The molecular weight excluding hydrogens is 352 g/mol. The van der Waals surface area contributed by atoms with E-state index in [9.17, 15) is 4.79 Å². The van der Waals surface area contributed by atoms with Gasteiger partial charge in [-0.15, -0.1) is 0 Å². The SMILES string of the molecule is CCN1CCN(CCCNC(=O)c2ccnc(OCc3ccccc3)c2)CC1. The molecule has 1 aliphatic heterocycles. The van der Waals surface area contributed by atoms with Crippen molar-refractivity contribution in [3.63, 3.8) is 0 Å². The molecule has 0 spiro atoms. The highest BCUT2D eigenvalue weighted by Crippen LogP contribution is 2.12. The van der Waals surface area contributed by atoms with Crippen LogP contribution in [0, 0.1) is 0 Å². The van der Waals surface area contributed by atoms with Crippen LogP contribution in [0.15, 0.2) is 48.7 Å². The van der Waals surface area contributed by atoms with Gasteiger partial charge in [-0.2, -0.15) is 0 Å². The molecule has 0 unspecified atom stereocenters. The molecule has 1 fully saturated rings. The molecule has 1 saturated heterocycles. The molecule has 6 nitrogen and oxygen atoms in total. The number of aromatic nitrogens is 1. The number of pyridine rings is 1. The van der Waals surface area contributed by atoms with Crippen molar-refractivity contribution in [3.8, 4) is 5.88 Å². The van der Waals surface area contributed by atoms with Gasteiger partial charge < -0.3 is 19.9 Å². The summed E-state index contributed by atoms with van der Waals surface area (Å²) in [6.07, 6.45) is 2.57. The van der Waals surface area contributed by atoms with Gasteiger partial charge in [0.05, 0.1) is 0 Å². The van der Waals surface area contributed by atoms with Crippen LogP contribution >= 0.6 is 0 Å². The fraction of sp³-hybridized carbons (Fsp3) is 0.455. The minimum atomic E-state index is -0.0808. The lowest BCUT2D eigenvalue weighted by atomic mass is 10.2. The fourth-order valence-corrected chi connectivity index (χ4v) is 3.30. The summed E-state index contributed by atoms with van der Waals surface area (Å²) in [5, 5.41) is 3.00. The molecule has 1 amide bonds. The Morgan fingerprint density at radius 3 is 2.61 bits per heavy atom. The number of piperazine rings is 1. The summed E-state index contributed by atoms with van der Waals surface area (Å²) in [6, 6.07) is 13.3. The van der Waals surface area contributed by atoms with E-state index in [4.69, 9.17) is 4.74 Å². The lowest BCUT2D eigenvalue weighted by molar-refractivity contribution is 0.0947. The number of likely N-dealkylation sites (N-methyl/N-ethyl adjacent to an activating group) is 1. The molecule has 1 aliphatic rings. The Labute approximate surface area is 167 Å². The highest BCUT2D eigenvalue weighted by Gasteiger charge is 2.15. The topological polar surface area (TPSA) is 57.7 Å². The highest BCUT2D eigenvalue weighted by molar-refractivity contribution is 5.94. The van der Waals surface area contributed by atoms with Crippen LogP contribution in [0.5, 0.6) is 5.88 Å². The van der Waals surface area contributed by atoms with Crippen molar-refractivity contribution in [1.82, 2.24) is 20.1 Å². The van der Waals surface area contributed by atoms with E-state index < -0.39 is 0 Å². The summed E-state index contributed by atoms with van der Waals surface area (Å²) in [7, 11) is 0. The third kappa shape index (κ3) is 6.32. The fourth-order valence-electron chi connectivity index (χ4n) is 3.30. The first-order valence-corrected chi connectivity index (χ1v) is 10.1. The van der Waals surface area contributed by atoms with Gasteiger partial charge in [0.2, 0.25) is 5.88 Å². The minimum Gasteiger partial charge on any atom is -0.473 e. The van der Waals surface area contributed by atoms with E-state index in [2.05, 4.69) is 27.0 Å². The van der Waals surface area contributed by atoms with Crippen LogP contribution < -0.4 is 10.1 Å². The number of amides is 1. The van der Waals surface area contributed by atoms with E-state index in [0.29, 0.717) is 24.6 Å². The van der Waals surface area contributed by atoms with Crippen molar-refractivity contribution in [2.75, 3.05) is 45.8 Å². The number of carbonyl (C=O) groups is 1. The smallest absolute Gasteiger partial charge is 0.251 e. The average Bonchev–Trinajstić information content (AvgIpc) is 2.76. The molecule has 0 bridgehead atoms. The van der Waals surface area contributed by atoms with Crippen molar-refractivity contribution in [2.45, 2.75) is 20.0 Å². The summed E-state index contributed by atoms with van der Waals surface area (Å²) < 4.78 is 5.70. The maximum atomic E-state index is 12.4. The van der Waals surface area contributed by atoms with Gasteiger partial charge >= 0.3 is 0 Å². The lowest BCUT2D eigenvalue weighted by Crippen LogP contribution is -2.46. The Morgan fingerprint density at radius 2 is 1.86 bits per heavy atom. The Balaban J connectivity index is 1.38. The largest absolute Gasteiger partial charge is 0.473 e. The van der Waals surface area contributed by atoms with Crippen molar-refractivity contribution in [1.29, 1.82) is 0 Å². The molecule has 1 N–H and O–H groups in total. The van der Waals surface area contributed by atoms with Crippen LogP contribution in [-0.4, -0.2) is 66.5 Å². The number of ether oxygens (including phenoxy) is 1. The molecule has 6 heteroatoms. The number of hydrogen-bond donors (Lipinski definition) is 1. The second kappa shape index (κ2) is 10.8. The Morgan fingerprint density at radius 1 is 1.11 bits per heavy atom. The van der Waals surface area contributed by atoms with Crippen LogP contribution in [0.25, 0.3) is 0 Å². The van der Waals surface area contributed by atoms with Crippen LogP contribution in [-0.2, 0) is 6.61 Å². The summed E-state index contributed by atoms with van der Waals surface area (Å²) >= 11 is 0. The Bertz CT molecular complexity index is 730. The van der Waals surface area contributed by atoms with Crippen molar-refractivity contribution < 1.29 is 9.53 Å². The van der Waals surface area contributed by atoms with E-state index in [0.717, 1.165) is 51.3 Å². The molecule has 0 saturated carbocycles. The van der Waals surface area contributed by atoms with Crippen molar-refractivity contribution in [3.05, 3.63) is 59.8 Å². The second-order valence-electron chi connectivity index (χ2n) is 7.04. The maximum absolute atomic E-state index is 12.4. The van der Waals surface area contributed by atoms with Gasteiger partial charge in [0.15, 0.2) is 0 Å². The number of nitrogens with zero attached hydrogens (tertiary/aromatic N) is 3. The Hall–Kier alpha value is -2.44. The first-order chi connectivity index (χ1) is 13.7. The van der Waals surface area contributed by atoms with Gasteiger partial charge in [0.25, 0.3) is 5.91 Å². The van der Waals surface area contributed by atoms with Gasteiger partial charge in [-0.05, 0) is 31.1 Å². The molecule has 2 aromatic rings. The minimum absolute atomic E-state index is 0.0808.